The van der Waals surface area contributed by atoms with E-state index in [2.05, 4.69) is 0 Å². The topological polar surface area (TPSA) is 37.4 Å². The summed E-state index contributed by atoms with van der Waals surface area (Å²) in [6, 6.07) is 3.78. The summed E-state index contributed by atoms with van der Waals surface area (Å²) in [6.07, 6.45) is 4.52. The van der Waals surface area contributed by atoms with Gasteiger partial charge in [-0.05, 0) is 43.0 Å². The van der Waals surface area contributed by atoms with Crippen LogP contribution in [0.15, 0.2) is 21.7 Å². The van der Waals surface area contributed by atoms with Gasteiger partial charge in [-0.3, -0.25) is 0 Å². The number of thiophene rings is 1. The Labute approximate surface area is 100 Å². The second kappa shape index (κ2) is 3.82. The summed E-state index contributed by atoms with van der Waals surface area (Å²) in [6.45, 7) is 0.741. The molecule has 5 heteroatoms. The third-order valence-corrected chi connectivity index (χ3v) is 7.01. The van der Waals surface area contributed by atoms with Gasteiger partial charge in [0.1, 0.15) is 4.21 Å². The van der Waals surface area contributed by atoms with Crippen LogP contribution in [0.3, 0.4) is 0 Å². The maximum Gasteiger partial charge on any atom is 0.252 e. The van der Waals surface area contributed by atoms with Gasteiger partial charge in [-0.15, -0.1) is 11.3 Å². The van der Waals surface area contributed by atoms with Crippen LogP contribution in [0.4, 0.5) is 0 Å². The molecule has 1 saturated carbocycles. The average Bonchev–Trinajstić information content (AvgIpc) is 2.84. The predicted molar refractivity (Wildman–Crippen MR) is 64.0 cm³/mol. The van der Waals surface area contributed by atoms with Gasteiger partial charge in [-0.25, -0.2) is 8.42 Å². The fourth-order valence-electron chi connectivity index (χ4n) is 2.84. The highest BCUT2D eigenvalue weighted by atomic mass is 32.2. The van der Waals surface area contributed by atoms with Crippen molar-refractivity contribution in [3.63, 3.8) is 0 Å². The summed E-state index contributed by atoms with van der Waals surface area (Å²) in [7, 11) is -3.20. The summed E-state index contributed by atoms with van der Waals surface area (Å²) in [5, 5.41) is 1.83. The molecule has 1 aliphatic carbocycles. The summed E-state index contributed by atoms with van der Waals surface area (Å²) >= 11 is 1.32. The normalized spacial score (nSPS) is 30.8. The fourth-order valence-corrected chi connectivity index (χ4v) is 5.72. The van der Waals surface area contributed by atoms with E-state index in [0.29, 0.717) is 10.1 Å². The highest BCUT2D eigenvalue weighted by Gasteiger charge is 2.40. The molecule has 2 aliphatic heterocycles. The Hall–Kier alpha value is -0.390. The molecule has 3 nitrogen and oxygen atoms in total. The molecule has 3 fully saturated rings. The zero-order valence-corrected chi connectivity index (χ0v) is 10.6. The lowest BCUT2D eigenvalue weighted by Crippen LogP contribution is -2.50. The van der Waals surface area contributed by atoms with Crippen LogP contribution in [-0.4, -0.2) is 25.3 Å². The molecule has 1 aromatic rings. The molecule has 16 heavy (non-hydrogen) atoms. The lowest BCUT2D eigenvalue weighted by molar-refractivity contribution is 0.121. The maximum absolute atomic E-state index is 12.4. The zero-order valence-electron chi connectivity index (χ0n) is 9.00. The van der Waals surface area contributed by atoms with Crippen molar-refractivity contribution in [3.05, 3.63) is 17.5 Å². The molecule has 3 heterocycles. The minimum atomic E-state index is -3.20. The molecular formula is C11H15NO2S2. The summed E-state index contributed by atoms with van der Waals surface area (Å²) in [5.74, 6) is 0.597. The van der Waals surface area contributed by atoms with Crippen molar-refractivity contribution in [2.45, 2.75) is 35.9 Å². The number of piperidine rings is 2. The quantitative estimate of drug-likeness (QED) is 0.815. The standard InChI is InChI=1S/C11H15NO2S2/c13-16(14,11-2-1-7-15-11)12-8-9-3-5-10(12)6-4-9/h1-2,7,9-10H,3-6,8H2. The van der Waals surface area contributed by atoms with Crippen LogP contribution in [0, 0.1) is 5.92 Å². The van der Waals surface area contributed by atoms with Crippen molar-refractivity contribution < 1.29 is 8.42 Å². The molecule has 88 valence electrons. The maximum atomic E-state index is 12.4. The Bertz CT molecular complexity index is 458. The molecule has 0 atom stereocenters. The van der Waals surface area contributed by atoms with Crippen LogP contribution in [0.25, 0.3) is 0 Å². The van der Waals surface area contributed by atoms with E-state index in [1.54, 1.807) is 16.4 Å². The van der Waals surface area contributed by atoms with Crippen molar-refractivity contribution >= 4 is 21.4 Å². The fraction of sp³-hybridized carbons (Fsp3) is 0.636. The van der Waals surface area contributed by atoms with Crippen LogP contribution >= 0.6 is 11.3 Å². The summed E-state index contributed by atoms with van der Waals surface area (Å²) in [4.78, 5) is 0. The van der Waals surface area contributed by atoms with Crippen molar-refractivity contribution in [2.24, 2.45) is 5.92 Å². The van der Waals surface area contributed by atoms with Gasteiger partial charge in [0, 0.05) is 12.6 Å². The summed E-state index contributed by atoms with van der Waals surface area (Å²) in [5.41, 5.74) is 0. The van der Waals surface area contributed by atoms with Gasteiger partial charge >= 0.3 is 0 Å². The highest BCUT2D eigenvalue weighted by molar-refractivity contribution is 7.91. The third kappa shape index (κ3) is 1.61. The minimum Gasteiger partial charge on any atom is -0.206 e. The number of rotatable bonds is 2. The van der Waals surface area contributed by atoms with Crippen LogP contribution in [0.2, 0.25) is 0 Å². The van der Waals surface area contributed by atoms with Gasteiger partial charge in [0.25, 0.3) is 10.0 Å². The molecule has 0 N–H and O–H groups in total. The smallest absolute Gasteiger partial charge is 0.206 e. The van der Waals surface area contributed by atoms with Crippen molar-refractivity contribution in [3.8, 4) is 0 Å². The van der Waals surface area contributed by atoms with E-state index in [1.165, 1.54) is 24.2 Å². The number of nitrogens with zero attached hydrogens (tertiary/aromatic N) is 1. The van der Waals surface area contributed by atoms with Gasteiger partial charge in [0.15, 0.2) is 0 Å². The molecular weight excluding hydrogens is 242 g/mol. The van der Waals surface area contributed by atoms with E-state index < -0.39 is 10.0 Å². The molecule has 0 unspecified atom stereocenters. The number of fused-ring (bicyclic) bond motifs is 3. The number of hydrogen-bond donors (Lipinski definition) is 0. The van der Waals surface area contributed by atoms with Gasteiger partial charge in [-0.1, -0.05) is 6.07 Å². The Morgan fingerprint density at radius 3 is 2.50 bits per heavy atom. The molecule has 0 aromatic carbocycles. The first kappa shape index (κ1) is 10.7. The Balaban J connectivity index is 1.93. The first-order valence-corrected chi connectivity index (χ1v) is 8.05. The predicted octanol–water partition coefficient (Wildman–Crippen LogP) is 2.31. The number of sulfonamides is 1. The summed E-state index contributed by atoms with van der Waals surface area (Å²) < 4.78 is 27.0. The Morgan fingerprint density at radius 1 is 1.25 bits per heavy atom. The van der Waals surface area contributed by atoms with Gasteiger partial charge in [0.2, 0.25) is 0 Å². The van der Waals surface area contributed by atoms with E-state index in [0.717, 1.165) is 19.4 Å². The van der Waals surface area contributed by atoms with Crippen molar-refractivity contribution in [1.29, 1.82) is 0 Å². The molecule has 0 spiro atoms. The lowest BCUT2D eigenvalue weighted by atomic mass is 9.82. The molecule has 2 bridgehead atoms. The second-order valence-electron chi connectivity index (χ2n) is 4.68. The van der Waals surface area contributed by atoms with Gasteiger partial charge in [0.05, 0.1) is 0 Å². The minimum absolute atomic E-state index is 0.261. The molecule has 4 rings (SSSR count). The largest absolute Gasteiger partial charge is 0.252 e. The van der Waals surface area contributed by atoms with Crippen LogP contribution < -0.4 is 0 Å². The van der Waals surface area contributed by atoms with Crippen LogP contribution in [-0.2, 0) is 10.0 Å². The van der Waals surface area contributed by atoms with E-state index in [9.17, 15) is 8.42 Å². The van der Waals surface area contributed by atoms with E-state index in [-0.39, 0.29) is 6.04 Å². The average molecular weight is 257 g/mol. The molecule has 2 saturated heterocycles. The third-order valence-electron chi connectivity index (χ3n) is 3.72. The first-order valence-electron chi connectivity index (χ1n) is 5.73. The Kier molecular flexibility index (Phi) is 2.57. The zero-order chi connectivity index (χ0) is 11.2. The van der Waals surface area contributed by atoms with Crippen molar-refractivity contribution in [1.82, 2.24) is 4.31 Å². The van der Waals surface area contributed by atoms with Gasteiger partial charge < -0.3 is 0 Å². The van der Waals surface area contributed by atoms with Crippen molar-refractivity contribution in [2.75, 3.05) is 6.54 Å². The van der Waals surface area contributed by atoms with Crippen LogP contribution in [0.5, 0.6) is 0 Å². The van der Waals surface area contributed by atoms with E-state index >= 15 is 0 Å². The SMILES string of the molecule is O=S(=O)(c1cccs1)N1CC2CCC1CC2. The molecule has 0 amide bonds. The molecule has 0 radical (unpaired) electrons. The highest BCUT2D eigenvalue weighted by Crippen LogP contribution is 2.38. The van der Waals surface area contributed by atoms with E-state index in [1.807, 2.05) is 5.38 Å². The molecule has 3 aliphatic rings. The van der Waals surface area contributed by atoms with E-state index in [4.69, 9.17) is 0 Å². The lowest BCUT2D eigenvalue weighted by Gasteiger charge is -2.43. The van der Waals surface area contributed by atoms with Crippen LogP contribution in [0.1, 0.15) is 25.7 Å². The van der Waals surface area contributed by atoms with Gasteiger partial charge in [-0.2, -0.15) is 4.31 Å². The first-order chi connectivity index (χ1) is 7.68. The Morgan fingerprint density at radius 2 is 2.00 bits per heavy atom. The monoisotopic (exact) mass is 257 g/mol. The number of hydrogen-bond acceptors (Lipinski definition) is 3. The second-order valence-corrected chi connectivity index (χ2v) is 7.75. The molecule has 1 aromatic heterocycles.